The number of nitrogens with zero attached hydrogens (tertiary/aromatic N) is 5. The summed E-state index contributed by atoms with van der Waals surface area (Å²) in [6.45, 7) is 1.90. The van der Waals surface area contributed by atoms with Gasteiger partial charge in [-0.05, 0) is 30.9 Å². The van der Waals surface area contributed by atoms with Crippen LogP contribution in [0.5, 0.6) is 0 Å². The quantitative estimate of drug-likeness (QED) is 0.158. The van der Waals surface area contributed by atoms with Crippen LogP contribution in [0.2, 0.25) is 0 Å². The second kappa shape index (κ2) is 11.8. The van der Waals surface area contributed by atoms with E-state index in [9.17, 15) is 30.0 Å². The SMILES string of the molecule is CCN(C(=O)O)C(O)[C@H]1O[C@@H](n2cnc3c(N)nc(NCCc4ccc(CCC(=O)O)cc4)nc32)[C@H](O)[C@@H]1O. The average molecular weight is 546 g/mol. The van der Waals surface area contributed by atoms with Gasteiger partial charge in [0.05, 0.1) is 6.33 Å². The predicted octanol–water partition coefficient (Wildman–Crippen LogP) is 0.0178. The number of ether oxygens (including phenoxy) is 1. The first-order valence-electron chi connectivity index (χ1n) is 12.3. The normalized spacial score (nSPS) is 21.6. The maximum Gasteiger partial charge on any atom is 0.409 e. The predicted molar refractivity (Wildman–Crippen MR) is 137 cm³/mol. The van der Waals surface area contributed by atoms with E-state index < -0.39 is 42.8 Å². The first-order valence-corrected chi connectivity index (χ1v) is 12.3. The second-order valence-electron chi connectivity index (χ2n) is 9.10. The Bertz CT molecular complexity index is 1320. The molecular formula is C24H31N7O8. The molecule has 8 N–H and O–H groups in total. The number of benzene rings is 1. The fraction of sp³-hybridized carbons (Fsp3) is 0.458. The van der Waals surface area contributed by atoms with Crippen LogP contribution in [0.1, 0.15) is 30.7 Å². The third kappa shape index (κ3) is 6.01. The molecule has 1 unspecified atom stereocenters. The van der Waals surface area contributed by atoms with E-state index in [4.69, 9.17) is 15.6 Å². The van der Waals surface area contributed by atoms with Gasteiger partial charge in [-0.25, -0.2) is 9.78 Å². The Labute approximate surface area is 222 Å². The Kier molecular flexibility index (Phi) is 8.44. The van der Waals surface area contributed by atoms with Crippen LogP contribution < -0.4 is 11.1 Å². The highest BCUT2D eigenvalue weighted by Crippen LogP contribution is 2.34. The van der Waals surface area contributed by atoms with E-state index in [0.717, 1.165) is 11.1 Å². The third-order valence-electron chi connectivity index (χ3n) is 6.54. The Morgan fingerprint density at radius 2 is 1.79 bits per heavy atom. The number of hydrogen-bond donors (Lipinski definition) is 7. The van der Waals surface area contributed by atoms with E-state index in [1.807, 2.05) is 24.3 Å². The molecule has 15 nitrogen and oxygen atoms in total. The Morgan fingerprint density at radius 1 is 1.13 bits per heavy atom. The Morgan fingerprint density at radius 3 is 2.41 bits per heavy atom. The molecule has 1 saturated heterocycles. The zero-order valence-corrected chi connectivity index (χ0v) is 21.1. The highest BCUT2D eigenvalue weighted by molar-refractivity contribution is 5.83. The van der Waals surface area contributed by atoms with E-state index in [-0.39, 0.29) is 35.9 Å². The number of nitrogens with one attached hydrogen (secondary N) is 1. The Hall–Kier alpha value is -4.05. The summed E-state index contributed by atoms with van der Waals surface area (Å²) in [4.78, 5) is 35.7. The van der Waals surface area contributed by atoms with Crippen LogP contribution in [0.3, 0.4) is 0 Å². The molecule has 0 saturated carbocycles. The van der Waals surface area contributed by atoms with Crippen LogP contribution in [-0.4, -0.2) is 99.6 Å². The van der Waals surface area contributed by atoms with Crippen molar-refractivity contribution in [1.82, 2.24) is 24.4 Å². The molecule has 1 aliphatic rings. The van der Waals surface area contributed by atoms with Gasteiger partial charge in [-0.1, -0.05) is 24.3 Å². The van der Waals surface area contributed by atoms with E-state index in [0.29, 0.717) is 24.3 Å². The van der Waals surface area contributed by atoms with E-state index in [2.05, 4.69) is 20.3 Å². The van der Waals surface area contributed by atoms with Crippen molar-refractivity contribution in [1.29, 1.82) is 0 Å². The van der Waals surface area contributed by atoms with Gasteiger partial charge in [0.15, 0.2) is 23.9 Å². The molecule has 5 atom stereocenters. The molecule has 1 amide bonds. The number of aromatic nitrogens is 4. The summed E-state index contributed by atoms with van der Waals surface area (Å²) in [7, 11) is 0. The number of amides is 1. The molecule has 1 aliphatic heterocycles. The lowest BCUT2D eigenvalue weighted by atomic mass is 10.1. The summed E-state index contributed by atoms with van der Waals surface area (Å²) in [6.07, 6.45) is -6.46. The van der Waals surface area contributed by atoms with Gasteiger partial charge in [0.2, 0.25) is 5.95 Å². The topological polar surface area (TPSA) is 229 Å². The first kappa shape index (κ1) is 28.0. The molecule has 4 rings (SSSR count). The molecule has 3 aromatic rings. The second-order valence-corrected chi connectivity index (χ2v) is 9.10. The third-order valence-corrected chi connectivity index (χ3v) is 6.54. The van der Waals surface area contributed by atoms with Crippen molar-refractivity contribution in [3.8, 4) is 0 Å². The fourth-order valence-corrected chi connectivity index (χ4v) is 4.42. The van der Waals surface area contributed by atoms with Gasteiger partial charge in [-0.15, -0.1) is 0 Å². The van der Waals surface area contributed by atoms with Gasteiger partial charge in [-0.3, -0.25) is 14.3 Å². The molecule has 210 valence electrons. The lowest BCUT2D eigenvalue weighted by molar-refractivity contribution is -0.137. The summed E-state index contributed by atoms with van der Waals surface area (Å²) >= 11 is 0. The van der Waals surface area contributed by atoms with Crippen molar-refractivity contribution < 1.29 is 39.9 Å². The minimum Gasteiger partial charge on any atom is -0.481 e. The number of aryl methyl sites for hydroxylation is 1. The van der Waals surface area contributed by atoms with Gasteiger partial charge >= 0.3 is 12.1 Å². The van der Waals surface area contributed by atoms with Crippen LogP contribution in [0.15, 0.2) is 30.6 Å². The van der Waals surface area contributed by atoms with Gasteiger partial charge in [0.1, 0.15) is 23.8 Å². The number of nitrogen functional groups attached to an aromatic ring is 1. The fourth-order valence-electron chi connectivity index (χ4n) is 4.42. The van der Waals surface area contributed by atoms with Crippen molar-refractivity contribution in [2.75, 3.05) is 24.1 Å². The Balaban J connectivity index is 1.46. The molecular weight excluding hydrogens is 514 g/mol. The standard InChI is InChI=1S/C24H31N7O8/c1-2-30(24(37)38)21(36)18-16(34)17(35)22(39-18)31-11-27-15-19(25)28-23(29-20(15)31)26-10-9-13-5-3-12(4-6-13)7-8-14(32)33/h3-6,11,16-18,21-22,34-36H,2,7-10H2,1H3,(H,32,33)(H,37,38)(H3,25,26,28,29)/t16-,17+,18-,21?,22+/m0/s1. The largest absolute Gasteiger partial charge is 0.481 e. The van der Waals surface area contributed by atoms with Gasteiger partial charge in [0, 0.05) is 19.5 Å². The summed E-state index contributed by atoms with van der Waals surface area (Å²) in [5.41, 5.74) is 8.45. The number of likely N-dealkylation sites (N-methyl/N-ethyl adjacent to an activating group) is 1. The van der Waals surface area contributed by atoms with Gasteiger partial charge in [0.25, 0.3) is 0 Å². The molecule has 1 aromatic carbocycles. The number of anilines is 2. The number of carboxylic acid groups (broad SMARTS) is 2. The van der Waals surface area contributed by atoms with E-state index in [1.54, 1.807) is 0 Å². The highest BCUT2D eigenvalue weighted by Gasteiger charge is 2.49. The number of carbonyl (C=O) groups is 2. The van der Waals surface area contributed by atoms with Crippen LogP contribution in [0.25, 0.3) is 11.2 Å². The van der Waals surface area contributed by atoms with Crippen LogP contribution in [0.4, 0.5) is 16.6 Å². The number of nitrogens with two attached hydrogens (primary N) is 1. The van der Waals surface area contributed by atoms with Crippen LogP contribution >= 0.6 is 0 Å². The van der Waals surface area contributed by atoms with Crippen molar-refractivity contribution >= 4 is 35.0 Å². The first-order chi connectivity index (χ1) is 18.6. The summed E-state index contributed by atoms with van der Waals surface area (Å²) in [5.74, 6) is -0.589. The molecule has 0 radical (unpaired) electrons. The lowest BCUT2D eigenvalue weighted by Crippen LogP contribution is -2.50. The molecule has 3 heterocycles. The minimum atomic E-state index is -1.72. The van der Waals surface area contributed by atoms with Crippen LogP contribution in [0, 0.1) is 0 Å². The number of aliphatic hydroxyl groups is 3. The van der Waals surface area contributed by atoms with Crippen molar-refractivity contribution in [2.24, 2.45) is 0 Å². The van der Waals surface area contributed by atoms with Crippen molar-refractivity contribution in [3.05, 3.63) is 41.7 Å². The number of carboxylic acids is 1. The summed E-state index contributed by atoms with van der Waals surface area (Å²) < 4.78 is 7.05. The zero-order valence-electron chi connectivity index (χ0n) is 21.1. The average Bonchev–Trinajstić information content (AvgIpc) is 3.44. The molecule has 39 heavy (non-hydrogen) atoms. The monoisotopic (exact) mass is 545 g/mol. The maximum atomic E-state index is 11.4. The number of aliphatic hydroxyl groups excluding tert-OH is 3. The summed E-state index contributed by atoms with van der Waals surface area (Å²) in [5, 5.41) is 52.9. The van der Waals surface area contributed by atoms with E-state index >= 15 is 0 Å². The number of imidazole rings is 1. The smallest absolute Gasteiger partial charge is 0.409 e. The maximum absolute atomic E-state index is 11.4. The summed E-state index contributed by atoms with van der Waals surface area (Å²) in [6, 6.07) is 7.62. The molecule has 15 heteroatoms. The van der Waals surface area contributed by atoms with Crippen molar-refractivity contribution in [3.63, 3.8) is 0 Å². The molecule has 1 fully saturated rings. The molecule has 2 aromatic heterocycles. The highest BCUT2D eigenvalue weighted by atomic mass is 16.6. The van der Waals surface area contributed by atoms with Crippen LogP contribution in [-0.2, 0) is 22.4 Å². The molecule has 0 aliphatic carbocycles. The van der Waals surface area contributed by atoms with Gasteiger partial charge < -0.3 is 41.3 Å². The molecule has 0 bridgehead atoms. The number of rotatable bonds is 11. The van der Waals surface area contributed by atoms with Gasteiger partial charge in [-0.2, -0.15) is 9.97 Å². The lowest BCUT2D eigenvalue weighted by Gasteiger charge is -2.29. The minimum absolute atomic E-state index is 0.0640. The zero-order chi connectivity index (χ0) is 28.3. The van der Waals surface area contributed by atoms with Crippen molar-refractivity contribution in [2.45, 2.75) is 57.0 Å². The van der Waals surface area contributed by atoms with E-state index in [1.165, 1.54) is 17.8 Å². The number of hydrogen-bond acceptors (Lipinski definition) is 11. The number of fused-ring (bicyclic) bond motifs is 1. The number of aliphatic carboxylic acids is 1. The molecule has 0 spiro atoms.